The highest BCUT2D eigenvalue weighted by Crippen LogP contribution is 2.21. The van der Waals surface area contributed by atoms with Crippen molar-refractivity contribution in [3.05, 3.63) is 34.5 Å². The predicted octanol–water partition coefficient (Wildman–Crippen LogP) is 0.758. The van der Waals surface area contributed by atoms with Crippen LogP contribution in [0.3, 0.4) is 0 Å². The molecule has 16 heavy (non-hydrogen) atoms. The summed E-state index contributed by atoms with van der Waals surface area (Å²) in [5, 5.41) is 22.6. The molecular weight excluding hydrogens is 210 g/mol. The molecule has 0 saturated carbocycles. The van der Waals surface area contributed by atoms with Gasteiger partial charge in [-0.2, -0.15) is 0 Å². The van der Waals surface area contributed by atoms with Crippen molar-refractivity contribution < 1.29 is 10.2 Å². The van der Waals surface area contributed by atoms with Crippen molar-refractivity contribution in [3.8, 4) is 0 Å². The van der Waals surface area contributed by atoms with E-state index in [9.17, 15) is 10.2 Å². The standard InChI is InChI=1S/C9H13N5O2/c10-6-2-1-4-12-8(6)9(16)7(15)3-5-13-14-11/h1-2,4,7,9,15-16H,3,5,10H2. The molecule has 0 bridgehead atoms. The van der Waals surface area contributed by atoms with Crippen LogP contribution in [0.2, 0.25) is 0 Å². The minimum atomic E-state index is -1.17. The number of hydrogen-bond acceptors (Lipinski definition) is 5. The molecule has 1 rings (SSSR count). The second kappa shape index (κ2) is 5.92. The number of azide groups is 1. The number of nitrogen functional groups attached to an aromatic ring is 1. The lowest BCUT2D eigenvalue weighted by atomic mass is 10.1. The quantitative estimate of drug-likeness (QED) is 0.386. The van der Waals surface area contributed by atoms with Gasteiger partial charge in [0.05, 0.1) is 17.5 Å². The number of aliphatic hydroxyl groups excluding tert-OH is 2. The largest absolute Gasteiger partial charge is 0.397 e. The van der Waals surface area contributed by atoms with E-state index in [1.54, 1.807) is 12.1 Å². The van der Waals surface area contributed by atoms with Crippen LogP contribution in [0.4, 0.5) is 5.69 Å². The topological polar surface area (TPSA) is 128 Å². The van der Waals surface area contributed by atoms with Crippen LogP contribution in [0, 0.1) is 0 Å². The number of nitrogens with two attached hydrogens (primary N) is 1. The molecule has 7 heteroatoms. The number of rotatable bonds is 5. The average Bonchev–Trinajstić information content (AvgIpc) is 2.29. The van der Waals surface area contributed by atoms with Gasteiger partial charge >= 0.3 is 0 Å². The number of aromatic nitrogens is 1. The molecule has 2 unspecified atom stereocenters. The molecular formula is C9H13N5O2. The smallest absolute Gasteiger partial charge is 0.124 e. The van der Waals surface area contributed by atoms with Crippen molar-refractivity contribution in [3.63, 3.8) is 0 Å². The minimum Gasteiger partial charge on any atom is -0.397 e. The Bertz CT molecular complexity index is 391. The summed E-state index contributed by atoms with van der Waals surface area (Å²) < 4.78 is 0. The molecule has 0 aromatic carbocycles. The molecule has 0 saturated heterocycles. The summed E-state index contributed by atoms with van der Waals surface area (Å²) in [5.41, 5.74) is 14.2. The maximum Gasteiger partial charge on any atom is 0.124 e. The van der Waals surface area contributed by atoms with Gasteiger partial charge in [0, 0.05) is 17.7 Å². The maximum absolute atomic E-state index is 9.74. The van der Waals surface area contributed by atoms with Crippen molar-refractivity contribution >= 4 is 5.69 Å². The van der Waals surface area contributed by atoms with Gasteiger partial charge in [0.15, 0.2) is 0 Å². The molecule has 7 nitrogen and oxygen atoms in total. The first-order valence-electron chi connectivity index (χ1n) is 4.74. The van der Waals surface area contributed by atoms with Gasteiger partial charge in [-0.25, -0.2) is 0 Å². The fourth-order valence-corrected chi connectivity index (χ4v) is 1.25. The van der Waals surface area contributed by atoms with Crippen LogP contribution >= 0.6 is 0 Å². The molecule has 86 valence electrons. The Morgan fingerprint density at radius 1 is 1.56 bits per heavy atom. The molecule has 4 N–H and O–H groups in total. The van der Waals surface area contributed by atoms with Crippen molar-refractivity contribution in [2.24, 2.45) is 5.11 Å². The first kappa shape index (κ1) is 12.3. The summed E-state index contributed by atoms with van der Waals surface area (Å²) >= 11 is 0. The van der Waals surface area contributed by atoms with Crippen LogP contribution in [0.5, 0.6) is 0 Å². The fourth-order valence-electron chi connectivity index (χ4n) is 1.25. The third-order valence-corrected chi connectivity index (χ3v) is 2.10. The second-order valence-corrected chi connectivity index (χ2v) is 3.23. The zero-order valence-electron chi connectivity index (χ0n) is 8.56. The Kier molecular flexibility index (Phi) is 4.53. The monoisotopic (exact) mass is 223 g/mol. The van der Waals surface area contributed by atoms with E-state index < -0.39 is 12.2 Å². The normalized spacial score (nSPS) is 13.9. The third kappa shape index (κ3) is 3.09. The maximum atomic E-state index is 9.74. The van der Waals surface area contributed by atoms with Crippen molar-refractivity contribution in [2.75, 3.05) is 12.3 Å². The van der Waals surface area contributed by atoms with Gasteiger partial charge in [0.1, 0.15) is 6.10 Å². The highest BCUT2D eigenvalue weighted by Gasteiger charge is 2.20. The summed E-state index contributed by atoms with van der Waals surface area (Å²) in [6, 6.07) is 3.23. The molecule has 1 heterocycles. The van der Waals surface area contributed by atoms with Gasteiger partial charge in [-0.3, -0.25) is 4.98 Å². The summed E-state index contributed by atoms with van der Waals surface area (Å²) in [7, 11) is 0. The van der Waals surface area contributed by atoms with Crippen LogP contribution in [0.25, 0.3) is 10.4 Å². The van der Waals surface area contributed by atoms with E-state index in [1.165, 1.54) is 6.20 Å². The molecule has 0 amide bonds. The molecule has 0 radical (unpaired) electrons. The Morgan fingerprint density at radius 3 is 2.94 bits per heavy atom. The molecule has 0 aliphatic heterocycles. The molecule has 1 aromatic rings. The SMILES string of the molecule is [N-]=[N+]=NCCC(O)C(O)c1ncccc1N. The molecule has 2 atom stereocenters. The lowest BCUT2D eigenvalue weighted by molar-refractivity contribution is 0.0130. The Balaban J connectivity index is 2.66. The van der Waals surface area contributed by atoms with E-state index in [-0.39, 0.29) is 18.7 Å². The van der Waals surface area contributed by atoms with Crippen LogP contribution in [-0.4, -0.2) is 27.8 Å². The van der Waals surface area contributed by atoms with Crippen molar-refractivity contribution in [1.82, 2.24) is 4.98 Å². The van der Waals surface area contributed by atoms with E-state index in [2.05, 4.69) is 15.0 Å². The summed E-state index contributed by atoms with van der Waals surface area (Å²) in [6.07, 6.45) is -0.589. The van der Waals surface area contributed by atoms with Crippen LogP contribution in [0.15, 0.2) is 23.4 Å². The lowest BCUT2D eigenvalue weighted by Gasteiger charge is -2.17. The average molecular weight is 223 g/mol. The van der Waals surface area contributed by atoms with E-state index in [1.807, 2.05) is 0 Å². The predicted molar refractivity (Wildman–Crippen MR) is 58.2 cm³/mol. The molecule has 0 aliphatic carbocycles. The van der Waals surface area contributed by atoms with E-state index in [0.717, 1.165) is 0 Å². The minimum absolute atomic E-state index is 0.113. The van der Waals surface area contributed by atoms with E-state index in [0.29, 0.717) is 5.69 Å². The highest BCUT2D eigenvalue weighted by molar-refractivity contribution is 5.43. The first-order valence-corrected chi connectivity index (χ1v) is 4.74. The zero-order valence-corrected chi connectivity index (χ0v) is 8.56. The highest BCUT2D eigenvalue weighted by atomic mass is 16.3. The van der Waals surface area contributed by atoms with E-state index in [4.69, 9.17) is 11.3 Å². The van der Waals surface area contributed by atoms with E-state index >= 15 is 0 Å². The molecule has 0 spiro atoms. The number of pyridine rings is 1. The number of aliphatic hydroxyl groups is 2. The zero-order chi connectivity index (χ0) is 12.0. The Hall–Kier alpha value is -1.82. The van der Waals surface area contributed by atoms with Gasteiger partial charge in [-0.15, -0.1) is 0 Å². The number of hydrogen-bond donors (Lipinski definition) is 3. The van der Waals surface area contributed by atoms with Crippen molar-refractivity contribution in [2.45, 2.75) is 18.6 Å². The van der Waals surface area contributed by atoms with Gasteiger partial charge in [0.2, 0.25) is 0 Å². The third-order valence-electron chi connectivity index (χ3n) is 2.10. The van der Waals surface area contributed by atoms with Crippen molar-refractivity contribution in [1.29, 1.82) is 0 Å². The van der Waals surface area contributed by atoms with Gasteiger partial charge in [-0.1, -0.05) is 5.11 Å². The fraction of sp³-hybridized carbons (Fsp3) is 0.444. The summed E-state index contributed by atoms with van der Waals surface area (Å²) in [6.45, 7) is 0.113. The lowest BCUT2D eigenvalue weighted by Crippen LogP contribution is -2.21. The first-order chi connectivity index (χ1) is 7.66. The molecule has 0 aliphatic rings. The van der Waals surface area contributed by atoms with Crippen LogP contribution < -0.4 is 5.73 Å². The van der Waals surface area contributed by atoms with Gasteiger partial charge < -0.3 is 15.9 Å². The number of anilines is 1. The molecule has 0 fully saturated rings. The summed E-state index contributed by atoms with van der Waals surface area (Å²) in [4.78, 5) is 6.44. The number of nitrogens with zero attached hydrogens (tertiary/aromatic N) is 4. The van der Waals surface area contributed by atoms with Gasteiger partial charge in [0.25, 0.3) is 0 Å². The van der Waals surface area contributed by atoms with Crippen LogP contribution in [-0.2, 0) is 0 Å². The Morgan fingerprint density at radius 2 is 2.31 bits per heavy atom. The Labute approximate surface area is 92.2 Å². The van der Waals surface area contributed by atoms with Crippen LogP contribution in [0.1, 0.15) is 18.2 Å². The second-order valence-electron chi connectivity index (χ2n) is 3.23. The summed E-state index contributed by atoms with van der Waals surface area (Å²) in [5.74, 6) is 0. The molecule has 1 aromatic heterocycles. The van der Waals surface area contributed by atoms with Gasteiger partial charge in [-0.05, 0) is 24.1 Å².